The highest BCUT2D eigenvalue weighted by Crippen LogP contribution is 2.05. The first kappa shape index (κ1) is 21.9. The monoisotopic (exact) mass is 329 g/mol. The largest absolute Gasteiger partial charge is 0.396 e. The molecular weight excluding hydrogens is 294 g/mol. The van der Waals surface area contributed by atoms with Crippen molar-refractivity contribution < 1.29 is 14.7 Å². The normalized spacial score (nSPS) is 12.2. The molecule has 0 saturated heterocycles. The van der Waals surface area contributed by atoms with Crippen LogP contribution in [0.1, 0.15) is 65.7 Å². The van der Waals surface area contributed by atoms with E-state index < -0.39 is 0 Å². The maximum Gasteiger partial charge on any atom is 0.221 e. The second-order valence-electron chi connectivity index (χ2n) is 6.20. The fourth-order valence-corrected chi connectivity index (χ4v) is 2.42. The van der Waals surface area contributed by atoms with Crippen molar-refractivity contribution in [1.29, 1.82) is 0 Å². The highest BCUT2D eigenvalue weighted by molar-refractivity contribution is 5.77. The van der Waals surface area contributed by atoms with E-state index in [0.717, 1.165) is 25.7 Å². The first-order chi connectivity index (χ1) is 11.0. The van der Waals surface area contributed by atoms with Crippen LogP contribution in [-0.2, 0) is 9.59 Å². The number of carbonyl (C=O) groups is 2. The molecule has 0 rings (SSSR count). The van der Waals surface area contributed by atoms with Crippen LogP contribution in [0.4, 0.5) is 0 Å². The zero-order chi connectivity index (χ0) is 17.5. The lowest BCUT2D eigenvalue weighted by atomic mass is 10.1. The van der Waals surface area contributed by atoms with Crippen LogP contribution in [0, 0.1) is 0 Å². The number of aliphatic hydroxyl groups excluding tert-OH is 1. The molecule has 1 unspecified atom stereocenters. The van der Waals surface area contributed by atoms with Gasteiger partial charge in [0.05, 0.1) is 0 Å². The van der Waals surface area contributed by atoms with Crippen molar-refractivity contribution >= 4 is 11.8 Å². The van der Waals surface area contributed by atoms with Crippen LogP contribution < -0.4 is 16.0 Å². The van der Waals surface area contributed by atoms with Crippen molar-refractivity contribution in [2.75, 3.05) is 19.7 Å². The molecule has 6 heteroatoms. The molecule has 4 N–H and O–H groups in total. The highest BCUT2D eigenvalue weighted by atomic mass is 16.3. The molecule has 0 radical (unpaired) electrons. The number of hydrogen-bond acceptors (Lipinski definition) is 4. The van der Waals surface area contributed by atoms with Crippen LogP contribution in [0.25, 0.3) is 0 Å². The lowest BCUT2D eigenvalue weighted by molar-refractivity contribution is -0.123. The molecule has 0 aliphatic heterocycles. The molecule has 6 nitrogen and oxygen atoms in total. The third-order valence-electron chi connectivity index (χ3n) is 3.50. The van der Waals surface area contributed by atoms with E-state index in [2.05, 4.69) is 16.0 Å². The summed E-state index contributed by atoms with van der Waals surface area (Å²) in [6, 6.07) is 0.299. The van der Waals surface area contributed by atoms with E-state index in [4.69, 9.17) is 5.11 Å². The minimum Gasteiger partial charge on any atom is -0.396 e. The molecule has 0 saturated carbocycles. The predicted molar refractivity (Wildman–Crippen MR) is 93.2 cm³/mol. The minimum atomic E-state index is 0.0204. The first-order valence-electron chi connectivity index (χ1n) is 8.89. The van der Waals surface area contributed by atoms with Gasteiger partial charge in [0.15, 0.2) is 0 Å². The van der Waals surface area contributed by atoms with Gasteiger partial charge in [-0.15, -0.1) is 0 Å². The molecule has 23 heavy (non-hydrogen) atoms. The van der Waals surface area contributed by atoms with Crippen molar-refractivity contribution in [3.05, 3.63) is 0 Å². The number of hydrogen-bond donors (Lipinski definition) is 4. The summed E-state index contributed by atoms with van der Waals surface area (Å²) in [4.78, 5) is 23.6. The van der Waals surface area contributed by atoms with Gasteiger partial charge < -0.3 is 21.1 Å². The molecular formula is C17H35N3O3. The lowest BCUT2D eigenvalue weighted by Gasteiger charge is -2.21. The van der Waals surface area contributed by atoms with E-state index in [1.54, 1.807) is 0 Å². The molecule has 0 aromatic heterocycles. The number of nitrogens with one attached hydrogen (secondary N) is 3. The number of unbranched alkanes of at least 4 members (excludes halogenated alkanes) is 3. The molecule has 0 aliphatic rings. The summed E-state index contributed by atoms with van der Waals surface area (Å²) in [5, 5.41) is 17.8. The Morgan fingerprint density at radius 1 is 1.00 bits per heavy atom. The average Bonchev–Trinajstić information content (AvgIpc) is 2.48. The zero-order valence-corrected chi connectivity index (χ0v) is 15.0. The summed E-state index contributed by atoms with van der Waals surface area (Å²) in [7, 11) is 0. The molecule has 0 aromatic carbocycles. The maximum atomic E-state index is 12.0. The molecule has 1 atom stereocenters. The molecule has 0 bridgehead atoms. The van der Waals surface area contributed by atoms with Crippen molar-refractivity contribution in [2.24, 2.45) is 0 Å². The van der Waals surface area contributed by atoms with Crippen LogP contribution in [0.5, 0.6) is 0 Å². The third-order valence-corrected chi connectivity index (χ3v) is 3.50. The quantitative estimate of drug-likeness (QED) is 0.362. The highest BCUT2D eigenvalue weighted by Gasteiger charge is 2.16. The summed E-state index contributed by atoms with van der Waals surface area (Å²) >= 11 is 0. The molecule has 0 spiro atoms. The summed E-state index contributed by atoms with van der Waals surface area (Å²) in [6.07, 6.45) is 5.28. The first-order valence-corrected chi connectivity index (χ1v) is 8.89. The Bertz CT molecular complexity index is 322. The summed E-state index contributed by atoms with van der Waals surface area (Å²) < 4.78 is 0. The SMILES string of the molecule is CCNC(=O)CCC(CC(=O)NCCCCCCO)NC(C)C. The number of aliphatic hydroxyl groups is 1. The smallest absolute Gasteiger partial charge is 0.221 e. The van der Waals surface area contributed by atoms with Crippen molar-refractivity contribution in [3.8, 4) is 0 Å². The lowest BCUT2D eigenvalue weighted by Crippen LogP contribution is -2.40. The van der Waals surface area contributed by atoms with Gasteiger partial charge in [0.2, 0.25) is 11.8 Å². The zero-order valence-electron chi connectivity index (χ0n) is 15.0. The molecule has 0 heterocycles. The van der Waals surface area contributed by atoms with Crippen molar-refractivity contribution in [2.45, 2.75) is 77.8 Å². The maximum absolute atomic E-state index is 12.0. The third kappa shape index (κ3) is 14.2. The van der Waals surface area contributed by atoms with Gasteiger partial charge in [-0.2, -0.15) is 0 Å². The molecule has 0 aromatic rings. The van der Waals surface area contributed by atoms with Gasteiger partial charge in [-0.25, -0.2) is 0 Å². The molecule has 0 aliphatic carbocycles. The molecule has 0 fully saturated rings. The number of amides is 2. The van der Waals surface area contributed by atoms with Gasteiger partial charge in [0, 0.05) is 44.6 Å². The predicted octanol–water partition coefficient (Wildman–Crippen LogP) is 1.33. The Morgan fingerprint density at radius 2 is 1.70 bits per heavy atom. The van der Waals surface area contributed by atoms with E-state index in [9.17, 15) is 9.59 Å². The van der Waals surface area contributed by atoms with Crippen LogP contribution >= 0.6 is 0 Å². The fourth-order valence-electron chi connectivity index (χ4n) is 2.42. The van der Waals surface area contributed by atoms with Crippen LogP contribution in [0.3, 0.4) is 0 Å². The molecule has 2 amide bonds. The van der Waals surface area contributed by atoms with Gasteiger partial charge in [0.25, 0.3) is 0 Å². The summed E-state index contributed by atoms with van der Waals surface area (Å²) in [5.41, 5.74) is 0. The van der Waals surface area contributed by atoms with Crippen LogP contribution in [0.2, 0.25) is 0 Å². The van der Waals surface area contributed by atoms with E-state index >= 15 is 0 Å². The second kappa shape index (κ2) is 14.5. The molecule has 136 valence electrons. The van der Waals surface area contributed by atoms with Crippen molar-refractivity contribution in [3.63, 3.8) is 0 Å². The summed E-state index contributed by atoms with van der Waals surface area (Å²) in [6.45, 7) is 7.53. The summed E-state index contributed by atoms with van der Waals surface area (Å²) in [5.74, 6) is 0.0635. The van der Waals surface area contributed by atoms with Gasteiger partial charge in [-0.05, 0) is 26.2 Å². The Morgan fingerprint density at radius 3 is 2.30 bits per heavy atom. The standard InChI is InChI=1S/C17H35N3O3/c1-4-18-16(22)10-9-15(20-14(2)3)13-17(23)19-11-7-5-6-8-12-21/h14-15,20-21H,4-13H2,1-3H3,(H,18,22)(H,19,23). The Balaban J connectivity index is 4.00. The van der Waals surface area contributed by atoms with Crippen LogP contribution in [-0.4, -0.2) is 48.7 Å². The van der Waals surface area contributed by atoms with Crippen molar-refractivity contribution in [1.82, 2.24) is 16.0 Å². The topological polar surface area (TPSA) is 90.5 Å². The fraction of sp³-hybridized carbons (Fsp3) is 0.882. The number of carbonyl (C=O) groups excluding carboxylic acids is 2. The van der Waals surface area contributed by atoms with Crippen LogP contribution in [0.15, 0.2) is 0 Å². The van der Waals surface area contributed by atoms with E-state index in [-0.39, 0.29) is 30.5 Å². The van der Waals surface area contributed by atoms with Gasteiger partial charge >= 0.3 is 0 Å². The van der Waals surface area contributed by atoms with E-state index in [1.165, 1.54) is 0 Å². The average molecular weight is 329 g/mol. The minimum absolute atomic E-state index is 0.0204. The van der Waals surface area contributed by atoms with Gasteiger partial charge in [0.1, 0.15) is 0 Å². The Kier molecular flexibility index (Phi) is 13.7. The Hall–Kier alpha value is -1.14. The Labute approximate surface area is 140 Å². The van der Waals surface area contributed by atoms with Gasteiger partial charge in [-0.3, -0.25) is 9.59 Å². The number of rotatable bonds is 14. The van der Waals surface area contributed by atoms with Gasteiger partial charge in [-0.1, -0.05) is 26.7 Å². The van der Waals surface area contributed by atoms with E-state index in [0.29, 0.717) is 32.4 Å². The second-order valence-corrected chi connectivity index (χ2v) is 6.20. The van der Waals surface area contributed by atoms with E-state index in [1.807, 2.05) is 20.8 Å².